The van der Waals surface area contributed by atoms with Gasteiger partial charge in [-0.2, -0.15) is 0 Å². The Morgan fingerprint density at radius 1 is 1.21 bits per heavy atom. The first-order valence-corrected chi connectivity index (χ1v) is 8.51. The lowest BCUT2D eigenvalue weighted by atomic mass is 9.97. The summed E-state index contributed by atoms with van der Waals surface area (Å²) in [6.45, 7) is 4.37. The lowest BCUT2D eigenvalue weighted by Crippen LogP contribution is -2.31. The minimum absolute atomic E-state index is 0. The standard InChI is InChI=1S/C19H19N5O2.2ClH/c1-13-18(19(25)26)21-22-24(13)17-6-2-5-15-12-23(9-7-16(15)17)11-14-4-3-8-20-10-14;;/h2-6,8,10H,7,9,11-12H2,1H3,(H,25,26);2*1H. The van der Waals surface area contributed by atoms with Crippen LogP contribution in [0.2, 0.25) is 0 Å². The van der Waals surface area contributed by atoms with E-state index in [1.165, 1.54) is 16.7 Å². The zero-order valence-corrected chi connectivity index (χ0v) is 16.9. The highest BCUT2D eigenvalue weighted by atomic mass is 35.5. The van der Waals surface area contributed by atoms with E-state index in [1.807, 2.05) is 24.4 Å². The summed E-state index contributed by atoms with van der Waals surface area (Å²) in [5, 5.41) is 17.1. The molecule has 1 N–H and O–H groups in total. The van der Waals surface area contributed by atoms with E-state index in [2.05, 4.69) is 32.3 Å². The summed E-state index contributed by atoms with van der Waals surface area (Å²) in [7, 11) is 0. The van der Waals surface area contributed by atoms with Gasteiger partial charge < -0.3 is 5.11 Å². The molecule has 2 aromatic heterocycles. The van der Waals surface area contributed by atoms with Crippen molar-refractivity contribution >= 4 is 30.8 Å². The summed E-state index contributed by atoms with van der Waals surface area (Å²) in [5.74, 6) is -1.05. The van der Waals surface area contributed by atoms with Gasteiger partial charge in [0.15, 0.2) is 5.69 Å². The molecule has 0 atom stereocenters. The summed E-state index contributed by atoms with van der Waals surface area (Å²) in [6.07, 6.45) is 4.57. The van der Waals surface area contributed by atoms with Crippen LogP contribution >= 0.6 is 24.8 Å². The Morgan fingerprint density at radius 3 is 2.71 bits per heavy atom. The highest BCUT2D eigenvalue weighted by Gasteiger charge is 2.22. The van der Waals surface area contributed by atoms with Crippen molar-refractivity contribution in [3.8, 4) is 5.69 Å². The molecule has 7 nitrogen and oxygen atoms in total. The zero-order valence-electron chi connectivity index (χ0n) is 15.3. The molecule has 1 aliphatic heterocycles. The van der Waals surface area contributed by atoms with Crippen LogP contribution in [0.25, 0.3) is 5.69 Å². The summed E-state index contributed by atoms with van der Waals surface area (Å²) in [6, 6.07) is 10.1. The maximum atomic E-state index is 11.2. The first-order chi connectivity index (χ1) is 12.6. The molecule has 28 heavy (non-hydrogen) atoms. The van der Waals surface area contributed by atoms with Gasteiger partial charge in [-0.3, -0.25) is 9.88 Å². The van der Waals surface area contributed by atoms with Gasteiger partial charge >= 0.3 is 5.97 Å². The molecule has 0 bridgehead atoms. The molecule has 0 saturated carbocycles. The number of benzene rings is 1. The lowest BCUT2D eigenvalue weighted by Gasteiger charge is -2.30. The van der Waals surface area contributed by atoms with Crippen LogP contribution in [-0.4, -0.2) is 42.5 Å². The molecule has 3 heterocycles. The second-order valence-corrected chi connectivity index (χ2v) is 6.48. The third-order valence-corrected chi connectivity index (χ3v) is 4.77. The van der Waals surface area contributed by atoms with Crippen molar-refractivity contribution < 1.29 is 9.90 Å². The number of aromatic nitrogens is 4. The third-order valence-electron chi connectivity index (χ3n) is 4.77. The van der Waals surface area contributed by atoms with E-state index >= 15 is 0 Å². The van der Waals surface area contributed by atoms with Crippen molar-refractivity contribution in [2.24, 2.45) is 0 Å². The molecule has 1 aromatic carbocycles. The van der Waals surface area contributed by atoms with Gasteiger partial charge in [0.2, 0.25) is 0 Å². The summed E-state index contributed by atoms with van der Waals surface area (Å²) >= 11 is 0. The van der Waals surface area contributed by atoms with Gasteiger partial charge in [0.1, 0.15) is 0 Å². The molecular weight excluding hydrogens is 401 g/mol. The molecule has 0 spiro atoms. The smallest absolute Gasteiger partial charge is 0.358 e. The Hall–Kier alpha value is -2.48. The Morgan fingerprint density at radius 2 is 2.04 bits per heavy atom. The Balaban J connectivity index is 0.00000140. The third kappa shape index (κ3) is 4.16. The zero-order chi connectivity index (χ0) is 18.1. The fraction of sp³-hybridized carbons (Fsp3) is 0.263. The minimum atomic E-state index is -1.05. The summed E-state index contributed by atoms with van der Waals surface area (Å²) in [4.78, 5) is 17.8. The SMILES string of the molecule is Cc1c(C(=O)O)nnn1-c1cccc2c1CCN(Cc1cccnc1)C2.Cl.Cl. The number of carboxylic acids is 1. The summed E-state index contributed by atoms with van der Waals surface area (Å²) in [5.41, 5.74) is 5.11. The van der Waals surface area contributed by atoms with Crippen LogP contribution in [-0.2, 0) is 19.5 Å². The van der Waals surface area contributed by atoms with E-state index in [9.17, 15) is 9.90 Å². The van der Waals surface area contributed by atoms with Gasteiger partial charge in [-0.05, 0) is 42.2 Å². The van der Waals surface area contributed by atoms with Gasteiger partial charge in [-0.25, -0.2) is 9.48 Å². The van der Waals surface area contributed by atoms with Crippen LogP contribution in [0.3, 0.4) is 0 Å². The first-order valence-electron chi connectivity index (χ1n) is 8.51. The van der Waals surface area contributed by atoms with E-state index in [1.54, 1.807) is 17.8 Å². The molecule has 0 unspecified atom stereocenters. The average molecular weight is 422 g/mol. The van der Waals surface area contributed by atoms with Crippen molar-refractivity contribution in [3.05, 3.63) is 70.8 Å². The van der Waals surface area contributed by atoms with Crippen LogP contribution in [0.4, 0.5) is 0 Å². The number of nitrogens with zero attached hydrogens (tertiary/aromatic N) is 5. The highest BCUT2D eigenvalue weighted by molar-refractivity contribution is 5.86. The highest BCUT2D eigenvalue weighted by Crippen LogP contribution is 2.27. The number of pyridine rings is 1. The normalized spacial score (nSPS) is 13.2. The molecule has 0 fully saturated rings. The van der Waals surface area contributed by atoms with Crippen molar-refractivity contribution in [2.45, 2.75) is 26.4 Å². The number of carbonyl (C=O) groups is 1. The van der Waals surface area contributed by atoms with Crippen molar-refractivity contribution in [3.63, 3.8) is 0 Å². The van der Waals surface area contributed by atoms with E-state index in [0.29, 0.717) is 5.69 Å². The van der Waals surface area contributed by atoms with Crippen LogP contribution in [0.1, 0.15) is 32.9 Å². The molecule has 3 aromatic rings. The van der Waals surface area contributed by atoms with Crippen molar-refractivity contribution in [1.82, 2.24) is 24.9 Å². The molecule has 148 valence electrons. The van der Waals surface area contributed by atoms with Gasteiger partial charge in [0.25, 0.3) is 0 Å². The number of fused-ring (bicyclic) bond motifs is 1. The van der Waals surface area contributed by atoms with Crippen molar-refractivity contribution in [1.29, 1.82) is 0 Å². The molecule has 4 rings (SSSR count). The predicted octanol–water partition coefficient (Wildman–Crippen LogP) is 3.07. The molecule has 9 heteroatoms. The number of carboxylic acid groups (broad SMARTS) is 1. The number of rotatable bonds is 4. The monoisotopic (exact) mass is 421 g/mol. The van der Waals surface area contributed by atoms with Crippen molar-refractivity contribution in [2.75, 3.05) is 6.54 Å². The number of hydrogen-bond acceptors (Lipinski definition) is 5. The van der Waals surface area contributed by atoms with E-state index in [4.69, 9.17) is 0 Å². The molecule has 0 amide bonds. The number of halogens is 2. The van der Waals surface area contributed by atoms with Crippen LogP contribution in [0.5, 0.6) is 0 Å². The minimum Gasteiger partial charge on any atom is -0.476 e. The first kappa shape index (κ1) is 21.8. The van der Waals surface area contributed by atoms with Gasteiger partial charge in [0.05, 0.1) is 11.4 Å². The lowest BCUT2D eigenvalue weighted by molar-refractivity contribution is 0.0689. The predicted molar refractivity (Wildman–Crippen MR) is 110 cm³/mol. The van der Waals surface area contributed by atoms with Crippen LogP contribution < -0.4 is 0 Å². The van der Waals surface area contributed by atoms with Crippen LogP contribution in [0.15, 0.2) is 42.7 Å². The maximum Gasteiger partial charge on any atom is 0.358 e. The maximum absolute atomic E-state index is 11.2. The van der Waals surface area contributed by atoms with Gasteiger partial charge in [-0.15, -0.1) is 29.9 Å². The molecule has 0 saturated heterocycles. The Labute approximate surface area is 175 Å². The van der Waals surface area contributed by atoms with Gasteiger partial charge in [-0.1, -0.05) is 23.4 Å². The van der Waals surface area contributed by atoms with E-state index < -0.39 is 5.97 Å². The molecule has 0 aliphatic carbocycles. The molecular formula is C19H21Cl2N5O2. The van der Waals surface area contributed by atoms with Gasteiger partial charge in [0, 0.05) is 32.0 Å². The van der Waals surface area contributed by atoms with E-state index in [-0.39, 0.29) is 30.5 Å². The Bertz CT molecular complexity index is 962. The number of aromatic carboxylic acids is 1. The Kier molecular flexibility index (Phi) is 7.12. The second-order valence-electron chi connectivity index (χ2n) is 6.48. The average Bonchev–Trinajstić information content (AvgIpc) is 3.03. The van der Waals surface area contributed by atoms with Crippen LogP contribution in [0, 0.1) is 6.92 Å². The molecule has 0 radical (unpaired) electrons. The second kappa shape index (κ2) is 9.14. The fourth-order valence-electron chi connectivity index (χ4n) is 3.49. The molecule has 1 aliphatic rings. The number of hydrogen-bond donors (Lipinski definition) is 1. The topological polar surface area (TPSA) is 84.1 Å². The quantitative estimate of drug-likeness (QED) is 0.696. The van der Waals surface area contributed by atoms with E-state index in [0.717, 1.165) is 31.7 Å². The fourth-order valence-corrected chi connectivity index (χ4v) is 3.49. The summed E-state index contributed by atoms with van der Waals surface area (Å²) < 4.78 is 1.64. The largest absolute Gasteiger partial charge is 0.476 e.